The Labute approximate surface area is 146 Å². The van der Waals surface area contributed by atoms with E-state index in [9.17, 15) is 4.79 Å². The van der Waals surface area contributed by atoms with Gasteiger partial charge >= 0.3 is 0 Å². The van der Waals surface area contributed by atoms with Crippen LogP contribution in [0.15, 0.2) is 72.9 Å². The summed E-state index contributed by atoms with van der Waals surface area (Å²) in [6.07, 6.45) is 1.69. The van der Waals surface area contributed by atoms with Crippen molar-refractivity contribution in [3.63, 3.8) is 0 Å². The van der Waals surface area contributed by atoms with E-state index in [2.05, 4.69) is 4.98 Å². The molecule has 0 unspecified atom stereocenters. The summed E-state index contributed by atoms with van der Waals surface area (Å²) in [5, 5.41) is 0.674. The molecule has 0 aliphatic carbocycles. The molecule has 0 saturated heterocycles. The van der Waals surface area contributed by atoms with Crippen molar-refractivity contribution in [1.82, 2.24) is 4.98 Å². The maximum absolute atomic E-state index is 13.0. The molecule has 120 valence electrons. The lowest BCUT2D eigenvalue weighted by molar-refractivity contribution is 0.0984. The van der Waals surface area contributed by atoms with E-state index in [0.717, 1.165) is 11.1 Å². The molecule has 0 aliphatic heterocycles. The van der Waals surface area contributed by atoms with E-state index in [0.29, 0.717) is 22.9 Å². The smallest absolute Gasteiger partial charge is 0.259 e. The van der Waals surface area contributed by atoms with Crippen LogP contribution in [0.3, 0.4) is 0 Å². The summed E-state index contributed by atoms with van der Waals surface area (Å²) in [5.74, 6) is 0.543. The fraction of sp³-hybridized carbons (Fsp3) is 0.100. The van der Waals surface area contributed by atoms with Gasteiger partial charge in [-0.15, -0.1) is 0 Å². The SMILES string of the molecule is Cc1ccc(C(=O)N(Cc2ccc(Cl)cc2)c2ccccn2)cc1. The third-order valence-electron chi connectivity index (χ3n) is 3.72. The molecule has 3 nitrogen and oxygen atoms in total. The van der Waals surface area contributed by atoms with Gasteiger partial charge in [-0.2, -0.15) is 0 Å². The molecular weight excluding hydrogens is 320 g/mol. The molecule has 1 heterocycles. The van der Waals surface area contributed by atoms with Gasteiger partial charge in [0.05, 0.1) is 6.54 Å². The largest absolute Gasteiger partial charge is 0.288 e. The first kappa shape index (κ1) is 16.2. The zero-order chi connectivity index (χ0) is 16.9. The normalized spacial score (nSPS) is 10.4. The molecule has 3 aromatic rings. The highest BCUT2D eigenvalue weighted by atomic mass is 35.5. The van der Waals surface area contributed by atoms with Crippen LogP contribution in [-0.4, -0.2) is 10.9 Å². The number of aryl methyl sites for hydroxylation is 1. The zero-order valence-corrected chi connectivity index (χ0v) is 14.1. The minimum atomic E-state index is -0.0800. The molecule has 2 aromatic carbocycles. The second-order valence-electron chi connectivity index (χ2n) is 5.57. The fourth-order valence-corrected chi connectivity index (χ4v) is 2.52. The first-order valence-electron chi connectivity index (χ1n) is 7.67. The Morgan fingerprint density at radius 3 is 2.33 bits per heavy atom. The third-order valence-corrected chi connectivity index (χ3v) is 3.98. The summed E-state index contributed by atoms with van der Waals surface area (Å²) >= 11 is 5.95. The van der Waals surface area contributed by atoms with Crippen molar-refractivity contribution in [2.75, 3.05) is 4.90 Å². The number of hydrogen-bond acceptors (Lipinski definition) is 2. The van der Waals surface area contributed by atoms with Crippen molar-refractivity contribution in [2.24, 2.45) is 0 Å². The minimum Gasteiger partial charge on any atom is -0.288 e. The van der Waals surface area contributed by atoms with Gasteiger partial charge < -0.3 is 0 Å². The lowest BCUT2D eigenvalue weighted by Crippen LogP contribution is -2.31. The Kier molecular flexibility index (Phi) is 4.92. The molecule has 0 bridgehead atoms. The molecule has 0 radical (unpaired) electrons. The number of halogens is 1. The predicted octanol–water partition coefficient (Wildman–Crippen LogP) is 4.89. The van der Waals surface area contributed by atoms with Gasteiger partial charge in [-0.3, -0.25) is 9.69 Å². The number of hydrogen-bond donors (Lipinski definition) is 0. The summed E-state index contributed by atoms with van der Waals surface area (Å²) in [5.41, 5.74) is 2.75. The summed E-state index contributed by atoms with van der Waals surface area (Å²) < 4.78 is 0. The van der Waals surface area contributed by atoms with Crippen LogP contribution < -0.4 is 4.90 Å². The lowest BCUT2D eigenvalue weighted by Gasteiger charge is -2.22. The van der Waals surface area contributed by atoms with Crippen molar-refractivity contribution in [3.05, 3.63) is 94.6 Å². The summed E-state index contributed by atoms with van der Waals surface area (Å²) in [7, 11) is 0. The van der Waals surface area contributed by atoms with Crippen LogP contribution in [0, 0.1) is 6.92 Å². The second kappa shape index (κ2) is 7.28. The molecule has 24 heavy (non-hydrogen) atoms. The van der Waals surface area contributed by atoms with Gasteiger partial charge in [0.2, 0.25) is 0 Å². The first-order chi connectivity index (χ1) is 11.6. The van der Waals surface area contributed by atoms with E-state index in [4.69, 9.17) is 11.6 Å². The molecular formula is C20H17ClN2O. The van der Waals surface area contributed by atoms with Gasteiger partial charge in [0.15, 0.2) is 0 Å². The van der Waals surface area contributed by atoms with Crippen molar-refractivity contribution in [2.45, 2.75) is 13.5 Å². The number of nitrogens with zero attached hydrogens (tertiary/aromatic N) is 2. The van der Waals surface area contributed by atoms with Crippen LogP contribution in [0.5, 0.6) is 0 Å². The first-order valence-corrected chi connectivity index (χ1v) is 8.05. The summed E-state index contributed by atoms with van der Waals surface area (Å²) in [6.45, 7) is 2.43. The van der Waals surface area contributed by atoms with E-state index in [1.165, 1.54) is 0 Å². The van der Waals surface area contributed by atoms with Crippen LogP contribution in [0.2, 0.25) is 5.02 Å². The van der Waals surface area contributed by atoms with Crippen LogP contribution in [0.4, 0.5) is 5.82 Å². The quantitative estimate of drug-likeness (QED) is 0.679. The molecule has 0 spiro atoms. The van der Waals surface area contributed by atoms with Crippen LogP contribution >= 0.6 is 11.6 Å². The highest BCUT2D eigenvalue weighted by Gasteiger charge is 2.19. The highest BCUT2D eigenvalue weighted by Crippen LogP contribution is 2.19. The van der Waals surface area contributed by atoms with Gasteiger partial charge in [0, 0.05) is 16.8 Å². The number of rotatable bonds is 4. The minimum absolute atomic E-state index is 0.0800. The molecule has 0 atom stereocenters. The number of pyridine rings is 1. The Morgan fingerprint density at radius 2 is 1.71 bits per heavy atom. The van der Waals surface area contributed by atoms with E-state index in [1.54, 1.807) is 11.1 Å². The molecule has 1 aromatic heterocycles. The Hall–Kier alpha value is -2.65. The van der Waals surface area contributed by atoms with Gasteiger partial charge in [0.25, 0.3) is 5.91 Å². The van der Waals surface area contributed by atoms with Crippen molar-refractivity contribution < 1.29 is 4.79 Å². The Bertz CT molecular complexity index is 815. The molecule has 0 aliphatic rings. The molecule has 3 rings (SSSR count). The number of benzene rings is 2. The van der Waals surface area contributed by atoms with Gasteiger partial charge in [-0.05, 0) is 48.9 Å². The van der Waals surface area contributed by atoms with Gasteiger partial charge in [-0.1, -0.05) is 47.5 Å². The lowest BCUT2D eigenvalue weighted by atomic mass is 10.1. The zero-order valence-electron chi connectivity index (χ0n) is 13.3. The predicted molar refractivity (Wildman–Crippen MR) is 97.4 cm³/mol. The van der Waals surface area contributed by atoms with E-state index in [1.807, 2.05) is 73.7 Å². The van der Waals surface area contributed by atoms with Crippen molar-refractivity contribution in [3.8, 4) is 0 Å². The number of carbonyl (C=O) groups is 1. The van der Waals surface area contributed by atoms with Crippen LogP contribution in [0.25, 0.3) is 0 Å². The molecule has 4 heteroatoms. The number of carbonyl (C=O) groups excluding carboxylic acids is 1. The highest BCUT2D eigenvalue weighted by molar-refractivity contribution is 6.30. The van der Waals surface area contributed by atoms with Crippen LogP contribution in [-0.2, 0) is 6.54 Å². The Morgan fingerprint density at radius 1 is 1.00 bits per heavy atom. The maximum Gasteiger partial charge on any atom is 0.259 e. The van der Waals surface area contributed by atoms with Crippen molar-refractivity contribution in [1.29, 1.82) is 0 Å². The summed E-state index contributed by atoms with van der Waals surface area (Å²) in [6, 6.07) is 20.6. The van der Waals surface area contributed by atoms with E-state index in [-0.39, 0.29) is 5.91 Å². The second-order valence-corrected chi connectivity index (χ2v) is 6.01. The average Bonchev–Trinajstić information content (AvgIpc) is 2.62. The molecule has 1 amide bonds. The number of aromatic nitrogens is 1. The standard InChI is InChI=1S/C20H17ClN2O/c1-15-5-9-17(10-6-15)20(24)23(19-4-2-3-13-22-19)14-16-7-11-18(21)12-8-16/h2-13H,14H2,1H3. The monoisotopic (exact) mass is 336 g/mol. The number of amides is 1. The Balaban J connectivity index is 1.94. The summed E-state index contributed by atoms with van der Waals surface area (Å²) in [4.78, 5) is 19.0. The van der Waals surface area contributed by atoms with E-state index >= 15 is 0 Å². The molecule has 0 N–H and O–H groups in total. The topological polar surface area (TPSA) is 33.2 Å². The molecule has 0 fully saturated rings. The molecule has 0 saturated carbocycles. The number of anilines is 1. The van der Waals surface area contributed by atoms with Gasteiger partial charge in [0.1, 0.15) is 5.82 Å². The van der Waals surface area contributed by atoms with Gasteiger partial charge in [-0.25, -0.2) is 4.98 Å². The van der Waals surface area contributed by atoms with Crippen molar-refractivity contribution >= 4 is 23.3 Å². The maximum atomic E-state index is 13.0. The third kappa shape index (κ3) is 3.81. The average molecular weight is 337 g/mol. The fourth-order valence-electron chi connectivity index (χ4n) is 2.39. The van der Waals surface area contributed by atoms with Crippen LogP contribution in [0.1, 0.15) is 21.5 Å². The van der Waals surface area contributed by atoms with E-state index < -0.39 is 0 Å².